The third-order valence-corrected chi connectivity index (χ3v) is 4.82. The molecule has 0 unspecified atom stereocenters. The Morgan fingerprint density at radius 2 is 1.72 bits per heavy atom. The fourth-order valence-corrected chi connectivity index (χ4v) is 3.42. The molecule has 25 heavy (non-hydrogen) atoms. The summed E-state index contributed by atoms with van der Waals surface area (Å²) in [7, 11) is 1.66. The fraction of sp³-hybridized carbons (Fsp3) is 0.105. The first-order chi connectivity index (χ1) is 12.3. The molecule has 0 spiro atoms. The third-order valence-electron chi connectivity index (χ3n) is 3.83. The number of ether oxygens (including phenoxy) is 1. The van der Waals surface area contributed by atoms with E-state index in [0.29, 0.717) is 0 Å². The second kappa shape index (κ2) is 6.94. The molecule has 0 saturated heterocycles. The van der Waals surface area contributed by atoms with E-state index in [1.807, 2.05) is 54.6 Å². The number of methoxy groups -OCH3 is 1. The summed E-state index contributed by atoms with van der Waals surface area (Å²) in [5.74, 6) is 1.61. The van der Waals surface area contributed by atoms with Crippen LogP contribution in [0.1, 0.15) is 5.56 Å². The van der Waals surface area contributed by atoms with Crippen molar-refractivity contribution in [2.75, 3.05) is 7.11 Å². The van der Waals surface area contributed by atoms with Crippen LogP contribution in [-0.4, -0.2) is 26.9 Å². The quantitative estimate of drug-likeness (QED) is 0.508. The van der Waals surface area contributed by atoms with Crippen LogP contribution in [0.4, 0.5) is 0 Å². The van der Waals surface area contributed by atoms with Crippen LogP contribution >= 0.6 is 11.8 Å². The van der Waals surface area contributed by atoms with Crippen molar-refractivity contribution in [1.29, 1.82) is 0 Å². The molecule has 0 radical (unpaired) electrons. The second-order valence-electron chi connectivity index (χ2n) is 5.45. The van der Waals surface area contributed by atoms with Gasteiger partial charge in [0.05, 0.1) is 12.8 Å². The fourth-order valence-electron chi connectivity index (χ4n) is 2.58. The van der Waals surface area contributed by atoms with E-state index in [0.717, 1.165) is 33.6 Å². The monoisotopic (exact) mass is 348 g/mol. The lowest BCUT2D eigenvalue weighted by Crippen LogP contribution is -1.98. The van der Waals surface area contributed by atoms with Crippen LogP contribution in [0.2, 0.25) is 0 Å². The van der Waals surface area contributed by atoms with Gasteiger partial charge in [0.1, 0.15) is 5.75 Å². The molecule has 2 heterocycles. The van der Waals surface area contributed by atoms with E-state index in [-0.39, 0.29) is 0 Å². The number of rotatable bonds is 5. The minimum atomic E-state index is 0.731. The van der Waals surface area contributed by atoms with Gasteiger partial charge in [-0.1, -0.05) is 54.2 Å². The summed E-state index contributed by atoms with van der Waals surface area (Å²) >= 11 is 1.62. The van der Waals surface area contributed by atoms with Crippen LogP contribution in [0.15, 0.2) is 71.9 Å². The van der Waals surface area contributed by atoms with E-state index < -0.39 is 0 Å². The Labute approximate surface area is 149 Å². The molecule has 0 aliphatic heterocycles. The van der Waals surface area contributed by atoms with Gasteiger partial charge in [0.15, 0.2) is 5.65 Å². The average molecular weight is 348 g/mol. The van der Waals surface area contributed by atoms with E-state index in [1.54, 1.807) is 23.4 Å². The number of aromatic nitrogens is 4. The first-order valence-electron chi connectivity index (χ1n) is 7.88. The van der Waals surface area contributed by atoms with Crippen LogP contribution in [0.3, 0.4) is 0 Å². The van der Waals surface area contributed by atoms with Gasteiger partial charge >= 0.3 is 0 Å². The van der Waals surface area contributed by atoms with Gasteiger partial charge in [-0.25, -0.2) is 0 Å². The molecule has 0 amide bonds. The molecular weight excluding hydrogens is 332 g/mol. The van der Waals surface area contributed by atoms with E-state index in [9.17, 15) is 0 Å². The van der Waals surface area contributed by atoms with Gasteiger partial charge in [-0.3, -0.25) is 0 Å². The summed E-state index contributed by atoms with van der Waals surface area (Å²) in [4.78, 5) is 0. The number of benzene rings is 2. The first kappa shape index (κ1) is 15.7. The molecule has 4 aromatic rings. The highest BCUT2D eigenvalue weighted by Crippen LogP contribution is 2.29. The Morgan fingerprint density at radius 1 is 0.920 bits per heavy atom. The van der Waals surface area contributed by atoms with Crippen LogP contribution < -0.4 is 4.74 Å². The standard InChI is InChI=1S/C19H16N4OS/c1-24-17-10-6-5-9-15(17)16-11-12-18-20-21-19(23(18)22-16)25-13-14-7-3-2-4-8-14/h2-12H,13H2,1H3. The van der Waals surface area contributed by atoms with Crippen LogP contribution in [-0.2, 0) is 5.75 Å². The van der Waals surface area contributed by atoms with Crippen molar-refractivity contribution >= 4 is 17.4 Å². The third kappa shape index (κ3) is 3.21. The number of fused-ring (bicyclic) bond motifs is 1. The summed E-state index contributed by atoms with van der Waals surface area (Å²) in [5.41, 5.74) is 3.74. The highest BCUT2D eigenvalue weighted by atomic mass is 32.2. The number of para-hydroxylation sites is 1. The predicted octanol–water partition coefficient (Wildman–Crippen LogP) is 4.09. The van der Waals surface area contributed by atoms with E-state index in [1.165, 1.54) is 5.56 Å². The lowest BCUT2D eigenvalue weighted by Gasteiger charge is -2.08. The van der Waals surface area contributed by atoms with Gasteiger partial charge in [-0.2, -0.15) is 9.61 Å². The highest BCUT2D eigenvalue weighted by molar-refractivity contribution is 7.98. The molecule has 0 aliphatic carbocycles. The van der Waals surface area contributed by atoms with Crippen molar-refractivity contribution < 1.29 is 4.74 Å². The minimum Gasteiger partial charge on any atom is -0.496 e. The van der Waals surface area contributed by atoms with Crippen molar-refractivity contribution in [2.45, 2.75) is 10.9 Å². The smallest absolute Gasteiger partial charge is 0.212 e. The Balaban J connectivity index is 1.68. The van der Waals surface area contributed by atoms with Gasteiger partial charge in [0.25, 0.3) is 0 Å². The number of nitrogens with zero attached hydrogens (tertiary/aromatic N) is 4. The van der Waals surface area contributed by atoms with Gasteiger partial charge in [0.2, 0.25) is 5.16 Å². The summed E-state index contributed by atoms with van der Waals surface area (Å²) < 4.78 is 7.23. The largest absolute Gasteiger partial charge is 0.496 e. The predicted molar refractivity (Wildman–Crippen MR) is 98.8 cm³/mol. The first-order valence-corrected chi connectivity index (χ1v) is 8.86. The molecule has 0 fully saturated rings. The van der Waals surface area contributed by atoms with Crippen LogP contribution in [0, 0.1) is 0 Å². The maximum atomic E-state index is 5.44. The number of hydrogen-bond acceptors (Lipinski definition) is 5. The molecule has 0 N–H and O–H groups in total. The van der Waals surface area contributed by atoms with Crippen molar-refractivity contribution in [3.63, 3.8) is 0 Å². The van der Waals surface area contributed by atoms with Gasteiger partial charge < -0.3 is 4.74 Å². The molecule has 0 bridgehead atoms. The molecule has 6 heteroatoms. The lowest BCUT2D eigenvalue weighted by atomic mass is 10.1. The minimum absolute atomic E-state index is 0.731. The Kier molecular flexibility index (Phi) is 4.35. The number of hydrogen-bond donors (Lipinski definition) is 0. The van der Waals surface area contributed by atoms with Gasteiger partial charge in [-0.05, 0) is 29.8 Å². The topological polar surface area (TPSA) is 52.3 Å². The zero-order chi connectivity index (χ0) is 17.1. The molecule has 124 valence electrons. The Morgan fingerprint density at radius 3 is 2.56 bits per heavy atom. The van der Waals surface area contributed by atoms with Gasteiger partial charge in [-0.15, -0.1) is 10.2 Å². The van der Waals surface area contributed by atoms with Crippen molar-refractivity contribution in [3.8, 4) is 17.0 Å². The van der Waals surface area contributed by atoms with Gasteiger partial charge in [0, 0.05) is 11.3 Å². The Bertz CT molecular complexity index is 1000. The second-order valence-corrected chi connectivity index (χ2v) is 6.39. The maximum Gasteiger partial charge on any atom is 0.212 e. The Hall–Kier alpha value is -2.86. The van der Waals surface area contributed by atoms with Crippen molar-refractivity contribution in [1.82, 2.24) is 19.8 Å². The van der Waals surface area contributed by atoms with E-state index in [4.69, 9.17) is 9.84 Å². The SMILES string of the molecule is COc1ccccc1-c1ccc2nnc(SCc3ccccc3)n2n1. The molecule has 5 nitrogen and oxygen atoms in total. The number of thioether (sulfide) groups is 1. The highest BCUT2D eigenvalue weighted by Gasteiger charge is 2.12. The molecule has 0 atom stereocenters. The molecule has 4 rings (SSSR count). The zero-order valence-corrected chi connectivity index (χ0v) is 14.5. The molecule has 2 aromatic carbocycles. The summed E-state index contributed by atoms with van der Waals surface area (Å²) in [5, 5.41) is 14.0. The van der Waals surface area contributed by atoms with Crippen molar-refractivity contribution in [3.05, 3.63) is 72.3 Å². The maximum absolute atomic E-state index is 5.44. The van der Waals surface area contributed by atoms with E-state index >= 15 is 0 Å². The normalized spacial score (nSPS) is 10.9. The summed E-state index contributed by atoms with van der Waals surface area (Å²) in [6.07, 6.45) is 0. The van der Waals surface area contributed by atoms with E-state index in [2.05, 4.69) is 22.3 Å². The van der Waals surface area contributed by atoms with Crippen LogP contribution in [0.5, 0.6) is 5.75 Å². The molecular formula is C19H16N4OS. The molecule has 2 aromatic heterocycles. The lowest BCUT2D eigenvalue weighted by molar-refractivity contribution is 0.416. The molecule has 0 aliphatic rings. The average Bonchev–Trinajstić information content (AvgIpc) is 3.09. The summed E-state index contributed by atoms with van der Waals surface area (Å²) in [6.45, 7) is 0. The summed E-state index contributed by atoms with van der Waals surface area (Å²) in [6, 6.07) is 22.0. The zero-order valence-electron chi connectivity index (χ0n) is 13.7. The molecule has 0 saturated carbocycles. The van der Waals surface area contributed by atoms with Crippen molar-refractivity contribution in [2.24, 2.45) is 0 Å². The van der Waals surface area contributed by atoms with Crippen LogP contribution in [0.25, 0.3) is 16.9 Å².